The number of rotatable bonds is 4. The van der Waals surface area contributed by atoms with E-state index in [-0.39, 0.29) is 11.9 Å². The average Bonchev–Trinajstić information content (AvgIpc) is 3.08. The van der Waals surface area contributed by atoms with Crippen LogP contribution in [0.4, 0.5) is 0 Å². The first-order chi connectivity index (χ1) is 11.9. The van der Waals surface area contributed by atoms with Crippen molar-refractivity contribution in [2.45, 2.75) is 58.6 Å². The highest BCUT2D eigenvalue weighted by molar-refractivity contribution is 5.95. The molecule has 1 N–H and O–H groups in total. The van der Waals surface area contributed by atoms with E-state index in [1.165, 1.54) is 0 Å². The molecule has 1 saturated carbocycles. The van der Waals surface area contributed by atoms with Crippen molar-refractivity contribution in [3.8, 4) is 0 Å². The van der Waals surface area contributed by atoms with Crippen LogP contribution in [0.5, 0.6) is 0 Å². The summed E-state index contributed by atoms with van der Waals surface area (Å²) in [6, 6.07) is 5.25. The zero-order chi connectivity index (χ0) is 18.0. The topological polar surface area (TPSA) is 81.2 Å². The van der Waals surface area contributed by atoms with Gasteiger partial charge in [-0.1, -0.05) is 12.8 Å². The number of ether oxygens (including phenoxy) is 1. The molecule has 1 unspecified atom stereocenters. The molecule has 25 heavy (non-hydrogen) atoms. The van der Waals surface area contributed by atoms with Crippen molar-refractivity contribution in [2.24, 2.45) is 0 Å². The molecule has 0 radical (unpaired) electrons. The highest BCUT2D eigenvalue weighted by atomic mass is 16.5. The molecule has 2 aromatic rings. The highest BCUT2D eigenvalue weighted by Gasteiger charge is 2.23. The summed E-state index contributed by atoms with van der Waals surface area (Å²) in [5.41, 5.74) is 3.42. The van der Waals surface area contributed by atoms with Crippen LogP contribution in [0.3, 0.4) is 0 Å². The van der Waals surface area contributed by atoms with Crippen molar-refractivity contribution in [3.05, 3.63) is 35.2 Å². The number of aromatic nitrogens is 2. The highest BCUT2D eigenvalue weighted by Crippen LogP contribution is 2.18. The van der Waals surface area contributed by atoms with Crippen molar-refractivity contribution in [3.63, 3.8) is 0 Å². The second-order valence-electron chi connectivity index (χ2n) is 6.64. The number of carbonyl (C=O) groups excluding carboxylic acids is 2. The van der Waals surface area contributed by atoms with Gasteiger partial charge in [0, 0.05) is 6.04 Å². The van der Waals surface area contributed by atoms with E-state index in [2.05, 4.69) is 15.3 Å². The van der Waals surface area contributed by atoms with Crippen LogP contribution in [0.25, 0.3) is 11.0 Å². The number of nitrogens with zero attached hydrogens (tertiary/aromatic N) is 2. The second kappa shape index (κ2) is 7.17. The van der Waals surface area contributed by atoms with E-state index in [0.717, 1.165) is 42.6 Å². The molecule has 1 atom stereocenters. The number of hydrogen-bond acceptors (Lipinski definition) is 5. The van der Waals surface area contributed by atoms with Gasteiger partial charge < -0.3 is 10.1 Å². The Balaban J connectivity index is 1.68. The number of fused-ring (bicyclic) bond motifs is 1. The van der Waals surface area contributed by atoms with Crippen molar-refractivity contribution in [1.82, 2.24) is 15.3 Å². The minimum Gasteiger partial charge on any atom is -0.449 e. The summed E-state index contributed by atoms with van der Waals surface area (Å²) in [6.45, 7) is 5.37. The van der Waals surface area contributed by atoms with E-state index in [0.29, 0.717) is 11.1 Å². The summed E-state index contributed by atoms with van der Waals surface area (Å²) < 4.78 is 5.31. The monoisotopic (exact) mass is 341 g/mol. The first kappa shape index (κ1) is 17.3. The third-order valence-corrected chi connectivity index (χ3v) is 4.67. The Morgan fingerprint density at radius 2 is 1.76 bits per heavy atom. The Labute approximate surface area is 147 Å². The number of amides is 1. The fraction of sp³-hybridized carbons (Fsp3) is 0.474. The van der Waals surface area contributed by atoms with Gasteiger partial charge >= 0.3 is 5.97 Å². The van der Waals surface area contributed by atoms with E-state index in [9.17, 15) is 9.59 Å². The molecule has 1 aromatic heterocycles. The van der Waals surface area contributed by atoms with Crippen LogP contribution in [0, 0.1) is 13.8 Å². The SMILES string of the molecule is Cc1nc2ccc(C(=O)OC(C)C(=O)NC3CCCC3)cc2nc1C. The molecule has 1 fully saturated rings. The van der Waals surface area contributed by atoms with E-state index in [4.69, 9.17) is 4.74 Å². The van der Waals surface area contributed by atoms with E-state index in [1.807, 2.05) is 13.8 Å². The zero-order valence-electron chi connectivity index (χ0n) is 14.8. The molecular weight excluding hydrogens is 318 g/mol. The third kappa shape index (κ3) is 3.95. The van der Waals surface area contributed by atoms with Crippen molar-refractivity contribution in [1.29, 1.82) is 0 Å². The van der Waals surface area contributed by atoms with Crippen molar-refractivity contribution < 1.29 is 14.3 Å². The lowest BCUT2D eigenvalue weighted by Gasteiger charge is -2.17. The minimum atomic E-state index is -0.824. The molecule has 0 bridgehead atoms. The predicted octanol–water partition coefficient (Wildman–Crippen LogP) is 2.85. The first-order valence-electron chi connectivity index (χ1n) is 8.70. The minimum absolute atomic E-state index is 0.204. The summed E-state index contributed by atoms with van der Waals surface area (Å²) in [4.78, 5) is 33.4. The van der Waals surface area contributed by atoms with Gasteiger partial charge in [-0.15, -0.1) is 0 Å². The lowest BCUT2D eigenvalue weighted by atomic mass is 10.2. The Morgan fingerprint density at radius 1 is 1.12 bits per heavy atom. The molecule has 1 aliphatic carbocycles. The third-order valence-electron chi connectivity index (χ3n) is 4.67. The van der Waals surface area contributed by atoms with Gasteiger partial charge in [-0.3, -0.25) is 4.79 Å². The van der Waals surface area contributed by atoms with E-state index < -0.39 is 12.1 Å². The number of benzene rings is 1. The molecular formula is C19H23N3O3. The fourth-order valence-electron chi connectivity index (χ4n) is 3.03. The first-order valence-corrected chi connectivity index (χ1v) is 8.70. The van der Waals surface area contributed by atoms with Crippen LogP contribution in [0.2, 0.25) is 0 Å². The normalized spacial score (nSPS) is 16.0. The Hall–Kier alpha value is -2.50. The second-order valence-corrected chi connectivity index (χ2v) is 6.64. The van der Waals surface area contributed by atoms with Crippen LogP contribution in [-0.4, -0.2) is 34.0 Å². The van der Waals surface area contributed by atoms with Gasteiger partial charge in [0.25, 0.3) is 5.91 Å². The van der Waals surface area contributed by atoms with Gasteiger partial charge in [-0.25, -0.2) is 14.8 Å². The molecule has 132 valence electrons. The van der Waals surface area contributed by atoms with Crippen LogP contribution in [0.1, 0.15) is 54.4 Å². The molecule has 0 spiro atoms. The maximum Gasteiger partial charge on any atom is 0.338 e. The predicted molar refractivity (Wildman–Crippen MR) is 94.3 cm³/mol. The molecule has 1 aliphatic rings. The molecule has 6 heteroatoms. The summed E-state index contributed by atoms with van der Waals surface area (Å²) in [7, 11) is 0. The van der Waals surface area contributed by atoms with Crippen LogP contribution in [0.15, 0.2) is 18.2 Å². The Morgan fingerprint density at radius 3 is 2.44 bits per heavy atom. The number of nitrogens with one attached hydrogen (secondary N) is 1. The number of carbonyl (C=O) groups is 2. The van der Waals surface area contributed by atoms with Gasteiger partial charge in [0.05, 0.1) is 28.0 Å². The van der Waals surface area contributed by atoms with Crippen molar-refractivity contribution >= 4 is 22.9 Å². The van der Waals surface area contributed by atoms with Gasteiger partial charge in [0.2, 0.25) is 0 Å². The van der Waals surface area contributed by atoms with Gasteiger partial charge in [-0.05, 0) is 51.8 Å². The largest absolute Gasteiger partial charge is 0.449 e. The van der Waals surface area contributed by atoms with Gasteiger partial charge in [0.1, 0.15) is 0 Å². The number of aryl methyl sites for hydroxylation is 2. The molecule has 6 nitrogen and oxygen atoms in total. The molecule has 1 heterocycles. The fourth-order valence-corrected chi connectivity index (χ4v) is 3.03. The average molecular weight is 341 g/mol. The lowest BCUT2D eigenvalue weighted by Crippen LogP contribution is -2.40. The molecule has 0 aliphatic heterocycles. The number of esters is 1. The summed E-state index contributed by atoms with van der Waals surface area (Å²) in [5, 5.41) is 2.94. The Kier molecular flexibility index (Phi) is 4.97. The molecule has 3 rings (SSSR count). The lowest BCUT2D eigenvalue weighted by molar-refractivity contribution is -0.129. The maximum absolute atomic E-state index is 12.3. The van der Waals surface area contributed by atoms with Crippen LogP contribution >= 0.6 is 0 Å². The van der Waals surface area contributed by atoms with Gasteiger partial charge in [-0.2, -0.15) is 0 Å². The van der Waals surface area contributed by atoms with E-state index >= 15 is 0 Å². The standard InChI is InChI=1S/C19H23N3O3/c1-11-12(2)21-17-10-14(8-9-16(17)20-11)19(24)25-13(3)18(23)22-15-6-4-5-7-15/h8-10,13,15H,4-7H2,1-3H3,(H,22,23). The van der Waals surface area contributed by atoms with E-state index in [1.54, 1.807) is 25.1 Å². The number of hydrogen-bond donors (Lipinski definition) is 1. The summed E-state index contributed by atoms with van der Waals surface area (Å²) in [5.74, 6) is -0.775. The summed E-state index contributed by atoms with van der Waals surface area (Å²) >= 11 is 0. The van der Waals surface area contributed by atoms with Gasteiger partial charge in [0.15, 0.2) is 6.10 Å². The smallest absolute Gasteiger partial charge is 0.338 e. The molecule has 1 aromatic carbocycles. The Bertz CT molecular complexity index is 813. The maximum atomic E-state index is 12.3. The zero-order valence-corrected chi connectivity index (χ0v) is 14.8. The summed E-state index contributed by atoms with van der Waals surface area (Å²) in [6.07, 6.45) is 3.43. The molecule has 1 amide bonds. The van der Waals surface area contributed by atoms with Crippen LogP contribution < -0.4 is 5.32 Å². The molecule has 0 saturated heterocycles. The quantitative estimate of drug-likeness (QED) is 0.865. The van der Waals surface area contributed by atoms with Crippen LogP contribution in [-0.2, 0) is 9.53 Å². The van der Waals surface area contributed by atoms with Crippen molar-refractivity contribution in [2.75, 3.05) is 0 Å².